The standard InChI is InChI=1S/C12H15FN2/c13-10-3-1-6-14-11(10)9-12-4-2-7-15(12)8-5-12/h1,3,6H,2,4-5,7-9H2. The molecule has 2 aliphatic rings. The van der Waals surface area contributed by atoms with E-state index in [1.165, 1.54) is 38.4 Å². The normalized spacial score (nSPS) is 29.9. The number of halogens is 1. The van der Waals surface area contributed by atoms with Crippen LogP contribution in [0.2, 0.25) is 0 Å². The molecule has 1 atom stereocenters. The summed E-state index contributed by atoms with van der Waals surface area (Å²) in [7, 11) is 0. The molecule has 15 heavy (non-hydrogen) atoms. The molecule has 0 radical (unpaired) electrons. The summed E-state index contributed by atoms with van der Waals surface area (Å²) in [6.45, 7) is 2.38. The molecule has 80 valence electrons. The number of nitrogens with zero attached hydrogens (tertiary/aromatic N) is 2. The van der Waals surface area contributed by atoms with Crippen LogP contribution < -0.4 is 0 Å². The maximum absolute atomic E-state index is 13.5. The molecule has 0 bridgehead atoms. The molecule has 0 spiro atoms. The third-order valence-electron chi connectivity index (χ3n) is 3.92. The number of hydrogen-bond donors (Lipinski definition) is 0. The van der Waals surface area contributed by atoms with Gasteiger partial charge in [-0.1, -0.05) is 0 Å². The van der Waals surface area contributed by atoms with E-state index in [1.54, 1.807) is 12.3 Å². The minimum absolute atomic E-state index is 0.148. The lowest BCUT2D eigenvalue weighted by atomic mass is 9.80. The fourth-order valence-electron chi connectivity index (χ4n) is 2.97. The highest BCUT2D eigenvalue weighted by atomic mass is 19.1. The van der Waals surface area contributed by atoms with E-state index in [2.05, 4.69) is 9.88 Å². The molecule has 3 rings (SSSR count). The molecule has 3 heterocycles. The lowest BCUT2D eigenvalue weighted by molar-refractivity contribution is 0.0265. The predicted octanol–water partition coefficient (Wildman–Crippen LogP) is 2.00. The van der Waals surface area contributed by atoms with Crippen LogP contribution >= 0.6 is 0 Å². The highest BCUT2D eigenvalue weighted by Gasteiger charge is 2.48. The van der Waals surface area contributed by atoms with Crippen molar-refractivity contribution in [1.29, 1.82) is 0 Å². The molecule has 0 aliphatic carbocycles. The zero-order valence-corrected chi connectivity index (χ0v) is 8.75. The first-order valence-corrected chi connectivity index (χ1v) is 5.65. The zero-order chi connectivity index (χ0) is 10.3. The summed E-state index contributed by atoms with van der Waals surface area (Å²) < 4.78 is 13.5. The van der Waals surface area contributed by atoms with Crippen molar-refractivity contribution < 1.29 is 4.39 Å². The van der Waals surface area contributed by atoms with Gasteiger partial charge < -0.3 is 0 Å². The van der Waals surface area contributed by atoms with Gasteiger partial charge in [0.1, 0.15) is 5.82 Å². The average Bonchev–Trinajstić information content (AvgIpc) is 2.49. The van der Waals surface area contributed by atoms with Gasteiger partial charge in [-0.15, -0.1) is 0 Å². The molecule has 1 unspecified atom stereocenters. The summed E-state index contributed by atoms with van der Waals surface area (Å²) >= 11 is 0. The van der Waals surface area contributed by atoms with Crippen molar-refractivity contribution in [3.63, 3.8) is 0 Å². The Morgan fingerprint density at radius 3 is 3.00 bits per heavy atom. The van der Waals surface area contributed by atoms with Crippen LogP contribution in [0.1, 0.15) is 25.0 Å². The fraction of sp³-hybridized carbons (Fsp3) is 0.583. The Bertz CT molecular complexity index is 380. The van der Waals surface area contributed by atoms with E-state index in [9.17, 15) is 4.39 Å². The second kappa shape index (κ2) is 3.27. The average molecular weight is 206 g/mol. The van der Waals surface area contributed by atoms with Crippen molar-refractivity contribution in [3.05, 3.63) is 29.8 Å². The van der Waals surface area contributed by atoms with Crippen LogP contribution in [0.5, 0.6) is 0 Å². The smallest absolute Gasteiger partial charge is 0.144 e. The largest absolute Gasteiger partial charge is 0.297 e. The van der Waals surface area contributed by atoms with Gasteiger partial charge in [-0.25, -0.2) is 4.39 Å². The van der Waals surface area contributed by atoms with E-state index < -0.39 is 0 Å². The maximum atomic E-state index is 13.5. The minimum atomic E-state index is -0.148. The molecule has 0 saturated carbocycles. The highest BCUT2D eigenvalue weighted by Crippen LogP contribution is 2.42. The van der Waals surface area contributed by atoms with Gasteiger partial charge in [0.05, 0.1) is 5.69 Å². The molecule has 2 saturated heterocycles. The first-order chi connectivity index (χ1) is 7.30. The third kappa shape index (κ3) is 1.37. The molecular formula is C12H15FN2. The summed E-state index contributed by atoms with van der Waals surface area (Å²) in [5.74, 6) is -0.148. The number of aromatic nitrogens is 1. The number of rotatable bonds is 2. The van der Waals surface area contributed by atoms with Gasteiger partial charge in [0.25, 0.3) is 0 Å². The quantitative estimate of drug-likeness (QED) is 0.735. The molecule has 1 aromatic heterocycles. The molecule has 2 fully saturated rings. The van der Waals surface area contributed by atoms with Crippen molar-refractivity contribution in [1.82, 2.24) is 9.88 Å². The van der Waals surface area contributed by atoms with Gasteiger partial charge >= 0.3 is 0 Å². The van der Waals surface area contributed by atoms with Gasteiger partial charge in [-0.2, -0.15) is 0 Å². The second-order valence-electron chi connectivity index (χ2n) is 4.67. The van der Waals surface area contributed by atoms with Crippen LogP contribution in [0, 0.1) is 5.82 Å². The molecule has 1 aromatic rings. The van der Waals surface area contributed by atoms with Gasteiger partial charge in [0, 0.05) is 24.7 Å². The number of fused-ring (bicyclic) bond motifs is 1. The summed E-state index contributed by atoms with van der Waals surface area (Å²) in [5, 5.41) is 0. The topological polar surface area (TPSA) is 16.1 Å². The molecule has 0 amide bonds. The first kappa shape index (κ1) is 9.28. The van der Waals surface area contributed by atoms with E-state index >= 15 is 0 Å². The van der Waals surface area contributed by atoms with Gasteiger partial charge in [-0.05, 0) is 37.9 Å². The second-order valence-corrected chi connectivity index (χ2v) is 4.67. The van der Waals surface area contributed by atoms with Crippen molar-refractivity contribution >= 4 is 0 Å². The monoisotopic (exact) mass is 206 g/mol. The maximum Gasteiger partial charge on any atom is 0.144 e. The first-order valence-electron chi connectivity index (χ1n) is 5.65. The van der Waals surface area contributed by atoms with E-state index in [4.69, 9.17) is 0 Å². The molecule has 2 nitrogen and oxygen atoms in total. The van der Waals surface area contributed by atoms with Crippen LogP contribution in [0.15, 0.2) is 18.3 Å². The Hall–Kier alpha value is -0.960. The molecule has 3 heteroatoms. The molecule has 0 N–H and O–H groups in total. The SMILES string of the molecule is Fc1cccnc1CC12CCCN1CC2. The Balaban J connectivity index is 1.83. The van der Waals surface area contributed by atoms with Crippen LogP contribution in [0.4, 0.5) is 4.39 Å². The zero-order valence-electron chi connectivity index (χ0n) is 8.75. The minimum Gasteiger partial charge on any atom is -0.297 e. The Morgan fingerprint density at radius 1 is 1.40 bits per heavy atom. The highest BCUT2D eigenvalue weighted by molar-refractivity contribution is 5.15. The van der Waals surface area contributed by atoms with Crippen molar-refractivity contribution in [2.45, 2.75) is 31.2 Å². The number of pyridine rings is 1. The fourth-order valence-corrected chi connectivity index (χ4v) is 2.97. The van der Waals surface area contributed by atoms with E-state index in [1.807, 2.05) is 0 Å². The van der Waals surface area contributed by atoms with Crippen LogP contribution in [0.3, 0.4) is 0 Å². The lowest BCUT2D eigenvalue weighted by Crippen LogP contribution is -2.57. The van der Waals surface area contributed by atoms with Crippen molar-refractivity contribution in [3.8, 4) is 0 Å². The van der Waals surface area contributed by atoms with E-state index in [0.717, 1.165) is 6.42 Å². The van der Waals surface area contributed by atoms with Gasteiger partial charge in [0.15, 0.2) is 0 Å². The predicted molar refractivity (Wildman–Crippen MR) is 56.1 cm³/mol. The van der Waals surface area contributed by atoms with Gasteiger partial charge in [0.2, 0.25) is 0 Å². The van der Waals surface area contributed by atoms with Gasteiger partial charge in [-0.3, -0.25) is 9.88 Å². The Kier molecular flexibility index (Phi) is 2.02. The summed E-state index contributed by atoms with van der Waals surface area (Å²) in [5.41, 5.74) is 0.902. The summed E-state index contributed by atoms with van der Waals surface area (Å²) in [6.07, 6.45) is 6.16. The van der Waals surface area contributed by atoms with Crippen molar-refractivity contribution in [2.75, 3.05) is 13.1 Å². The Labute approximate surface area is 89.1 Å². The molecule has 2 aliphatic heterocycles. The van der Waals surface area contributed by atoms with Crippen molar-refractivity contribution in [2.24, 2.45) is 0 Å². The molecule has 0 aromatic carbocycles. The van der Waals surface area contributed by atoms with E-state index in [-0.39, 0.29) is 11.4 Å². The Morgan fingerprint density at radius 2 is 2.33 bits per heavy atom. The van der Waals surface area contributed by atoms with Crippen LogP contribution in [-0.4, -0.2) is 28.5 Å². The molecular weight excluding hydrogens is 191 g/mol. The third-order valence-corrected chi connectivity index (χ3v) is 3.92. The summed E-state index contributed by atoms with van der Waals surface area (Å²) in [6, 6.07) is 3.17. The van der Waals surface area contributed by atoms with E-state index in [0.29, 0.717) is 5.69 Å². The van der Waals surface area contributed by atoms with Crippen LogP contribution in [-0.2, 0) is 6.42 Å². The number of hydrogen-bond acceptors (Lipinski definition) is 2. The lowest BCUT2D eigenvalue weighted by Gasteiger charge is -2.48. The summed E-state index contributed by atoms with van der Waals surface area (Å²) in [4.78, 5) is 6.64. The van der Waals surface area contributed by atoms with Crippen LogP contribution in [0.25, 0.3) is 0 Å².